The summed E-state index contributed by atoms with van der Waals surface area (Å²) in [6.45, 7) is 5.26. The van der Waals surface area contributed by atoms with Gasteiger partial charge in [0.05, 0.1) is 18.9 Å². The monoisotopic (exact) mass is 317 g/mol. The Bertz CT molecular complexity index is 518. The molecule has 1 aliphatic rings. The van der Waals surface area contributed by atoms with Crippen LogP contribution in [0.5, 0.6) is 0 Å². The third kappa shape index (κ3) is 3.65. The highest BCUT2D eigenvalue weighted by molar-refractivity contribution is 7.80. The summed E-state index contributed by atoms with van der Waals surface area (Å²) in [6.07, 6.45) is -3.39. The number of halogens is 3. The maximum absolute atomic E-state index is 12.8. The first-order valence-corrected chi connectivity index (χ1v) is 7.20. The van der Waals surface area contributed by atoms with Crippen LogP contribution in [0.2, 0.25) is 0 Å². The van der Waals surface area contributed by atoms with Crippen LogP contribution in [-0.4, -0.2) is 29.4 Å². The van der Waals surface area contributed by atoms with E-state index >= 15 is 0 Å². The highest BCUT2D eigenvalue weighted by Crippen LogP contribution is 2.32. The van der Waals surface area contributed by atoms with Crippen LogP contribution >= 0.6 is 12.2 Å². The minimum Gasteiger partial charge on any atom is -0.349 e. The Morgan fingerprint density at radius 2 is 2.10 bits per heavy atom. The van der Waals surface area contributed by atoms with Crippen LogP contribution in [0, 0.1) is 0 Å². The largest absolute Gasteiger partial charge is 0.416 e. The molecule has 1 fully saturated rings. The van der Waals surface area contributed by atoms with Crippen molar-refractivity contribution in [2.45, 2.75) is 32.5 Å². The molecule has 1 saturated heterocycles. The van der Waals surface area contributed by atoms with Gasteiger partial charge in [-0.1, -0.05) is 13.0 Å². The van der Waals surface area contributed by atoms with E-state index < -0.39 is 11.7 Å². The molecule has 3 nitrogen and oxygen atoms in total. The van der Waals surface area contributed by atoms with Crippen molar-refractivity contribution in [2.75, 3.05) is 18.2 Å². The summed E-state index contributed by atoms with van der Waals surface area (Å²) in [7, 11) is 0. The van der Waals surface area contributed by atoms with E-state index in [0.717, 1.165) is 18.6 Å². The summed E-state index contributed by atoms with van der Waals surface area (Å²) < 4.78 is 38.4. The fourth-order valence-corrected chi connectivity index (χ4v) is 2.39. The maximum Gasteiger partial charge on any atom is 0.416 e. The Balaban J connectivity index is 2.25. The lowest BCUT2D eigenvalue weighted by Gasteiger charge is -2.40. The molecule has 0 amide bonds. The predicted molar refractivity (Wildman–Crippen MR) is 81.0 cm³/mol. The highest BCUT2D eigenvalue weighted by Gasteiger charge is 2.32. The van der Waals surface area contributed by atoms with E-state index in [1.807, 2.05) is 0 Å². The number of alkyl halides is 3. The topological polar surface area (TPSA) is 18.5 Å². The summed E-state index contributed by atoms with van der Waals surface area (Å²) in [6, 6.07) is 5.57. The van der Waals surface area contributed by atoms with E-state index in [4.69, 9.17) is 12.2 Å². The number of anilines is 1. The molecule has 1 N–H and O–H groups in total. The van der Waals surface area contributed by atoms with E-state index in [9.17, 15) is 13.2 Å². The molecule has 21 heavy (non-hydrogen) atoms. The predicted octanol–water partition coefficient (Wildman–Crippen LogP) is 3.42. The second-order valence-corrected chi connectivity index (χ2v) is 5.49. The van der Waals surface area contributed by atoms with E-state index in [1.165, 1.54) is 6.07 Å². The number of rotatable bonds is 3. The molecule has 1 aromatic rings. The molecule has 0 unspecified atom stereocenters. The molecule has 1 aromatic carbocycles. The normalized spacial score (nSPS) is 18.5. The third-order valence-corrected chi connectivity index (χ3v) is 4.07. The van der Waals surface area contributed by atoms with Gasteiger partial charge in [0.2, 0.25) is 0 Å². The Labute approximate surface area is 127 Å². The molecule has 0 bridgehead atoms. The van der Waals surface area contributed by atoms with Crippen molar-refractivity contribution in [3.63, 3.8) is 0 Å². The van der Waals surface area contributed by atoms with Gasteiger partial charge < -0.3 is 10.2 Å². The molecular weight excluding hydrogens is 299 g/mol. The van der Waals surface area contributed by atoms with Crippen molar-refractivity contribution in [1.82, 2.24) is 10.2 Å². The zero-order chi connectivity index (χ0) is 15.6. The van der Waals surface area contributed by atoms with Crippen LogP contribution in [0.15, 0.2) is 24.3 Å². The fourth-order valence-electron chi connectivity index (χ4n) is 2.16. The minimum absolute atomic E-state index is 0.328. The quantitative estimate of drug-likeness (QED) is 0.861. The number of nitrogens with zero attached hydrogens (tertiary/aromatic N) is 2. The molecule has 0 aliphatic carbocycles. The van der Waals surface area contributed by atoms with E-state index in [0.29, 0.717) is 30.2 Å². The van der Waals surface area contributed by atoms with E-state index in [-0.39, 0.29) is 0 Å². The van der Waals surface area contributed by atoms with Crippen molar-refractivity contribution in [1.29, 1.82) is 0 Å². The first kappa shape index (κ1) is 16.0. The van der Waals surface area contributed by atoms with Crippen LogP contribution in [0.3, 0.4) is 0 Å². The van der Waals surface area contributed by atoms with Crippen LogP contribution in [-0.2, 0) is 6.18 Å². The Morgan fingerprint density at radius 3 is 2.71 bits per heavy atom. The average molecular weight is 317 g/mol. The van der Waals surface area contributed by atoms with Gasteiger partial charge in [0.15, 0.2) is 5.11 Å². The summed E-state index contributed by atoms with van der Waals surface area (Å²) in [5, 5.41) is 3.51. The molecule has 0 saturated carbocycles. The van der Waals surface area contributed by atoms with Gasteiger partial charge in [0, 0.05) is 11.7 Å². The third-order valence-electron chi connectivity index (χ3n) is 3.70. The summed E-state index contributed by atoms with van der Waals surface area (Å²) in [4.78, 5) is 3.83. The summed E-state index contributed by atoms with van der Waals surface area (Å²) in [5.41, 5.74) is -0.209. The van der Waals surface area contributed by atoms with Crippen LogP contribution in [0.1, 0.15) is 25.8 Å². The second-order valence-electron chi connectivity index (χ2n) is 5.10. The molecule has 0 spiro atoms. The number of benzene rings is 1. The number of hydrogen-bond donors (Lipinski definition) is 1. The second kappa shape index (κ2) is 6.19. The van der Waals surface area contributed by atoms with Crippen molar-refractivity contribution in [3.8, 4) is 0 Å². The van der Waals surface area contributed by atoms with Gasteiger partial charge in [-0.05, 0) is 43.8 Å². The Kier molecular flexibility index (Phi) is 4.73. The van der Waals surface area contributed by atoms with Crippen LogP contribution < -0.4 is 10.2 Å². The lowest BCUT2D eigenvalue weighted by molar-refractivity contribution is -0.137. The molecule has 2 rings (SSSR count). The summed E-state index contributed by atoms with van der Waals surface area (Å²) >= 11 is 5.23. The van der Waals surface area contributed by atoms with Gasteiger partial charge in [-0.15, -0.1) is 0 Å². The van der Waals surface area contributed by atoms with Crippen molar-refractivity contribution >= 4 is 23.0 Å². The zero-order valence-electron chi connectivity index (χ0n) is 11.9. The summed E-state index contributed by atoms with van der Waals surface area (Å²) in [5.74, 6) is 0. The van der Waals surface area contributed by atoms with Gasteiger partial charge in [-0.25, -0.2) is 0 Å². The minimum atomic E-state index is -4.35. The first-order valence-electron chi connectivity index (χ1n) is 6.79. The smallest absolute Gasteiger partial charge is 0.349 e. The van der Waals surface area contributed by atoms with Gasteiger partial charge in [0.25, 0.3) is 0 Å². The van der Waals surface area contributed by atoms with Gasteiger partial charge in [0.1, 0.15) is 0 Å². The van der Waals surface area contributed by atoms with E-state index in [2.05, 4.69) is 24.1 Å². The maximum atomic E-state index is 12.8. The van der Waals surface area contributed by atoms with Crippen molar-refractivity contribution < 1.29 is 13.2 Å². The SMILES string of the molecule is CC[C@@H](C)N1CNC(=S)N(c2cccc(C(F)(F)F)c2)C1. The first-order chi connectivity index (χ1) is 9.82. The van der Waals surface area contributed by atoms with Gasteiger partial charge in [-0.3, -0.25) is 4.90 Å². The van der Waals surface area contributed by atoms with E-state index in [1.54, 1.807) is 11.0 Å². The number of nitrogens with one attached hydrogen (secondary N) is 1. The number of thiocarbonyl (C=S) groups is 1. The molecule has 0 radical (unpaired) electrons. The number of hydrogen-bond acceptors (Lipinski definition) is 2. The van der Waals surface area contributed by atoms with Crippen LogP contribution in [0.4, 0.5) is 18.9 Å². The van der Waals surface area contributed by atoms with Crippen molar-refractivity contribution in [2.24, 2.45) is 0 Å². The Morgan fingerprint density at radius 1 is 1.38 bits per heavy atom. The molecular formula is C14H18F3N3S. The van der Waals surface area contributed by atoms with Crippen molar-refractivity contribution in [3.05, 3.63) is 29.8 Å². The molecule has 1 aliphatic heterocycles. The zero-order valence-corrected chi connectivity index (χ0v) is 12.8. The van der Waals surface area contributed by atoms with Crippen LogP contribution in [0.25, 0.3) is 0 Å². The standard InChI is InChI=1S/C14H18F3N3S/c1-3-10(2)19-8-18-13(21)20(9-19)12-6-4-5-11(7-12)14(15,16)17/h4-7,10H,3,8-9H2,1-2H3,(H,18,21)/t10-/m1/s1. The molecule has 0 aromatic heterocycles. The lowest BCUT2D eigenvalue weighted by Crippen LogP contribution is -2.58. The highest BCUT2D eigenvalue weighted by atomic mass is 32.1. The molecule has 116 valence electrons. The average Bonchev–Trinajstić information content (AvgIpc) is 2.46. The fraction of sp³-hybridized carbons (Fsp3) is 0.500. The molecule has 7 heteroatoms. The molecule has 1 heterocycles. The van der Waals surface area contributed by atoms with Gasteiger partial charge in [-0.2, -0.15) is 13.2 Å². The lowest BCUT2D eigenvalue weighted by atomic mass is 10.2. The molecule has 1 atom stereocenters. The Hall–Kier alpha value is -1.34. The van der Waals surface area contributed by atoms with Gasteiger partial charge >= 0.3 is 6.18 Å².